The zero-order valence-corrected chi connectivity index (χ0v) is 19.5. The molecule has 1 aliphatic rings. The van der Waals surface area contributed by atoms with Crippen molar-refractivity contribution in [2.24, 2.45) is 0 Å². The lowest BCUT2D eigenvalue weighted by Gasteiger charge is -2.21. The van der Waals surface area contributed by atoms with Gasteiger partial charge >= 0.3 is 0 Å². The topological polar surface area (TPSA) is 98.8 Å². The second-order valence-electron chi connectivity index (χ2n) is 7.20. The first-order valence-corrected chi connectivity index (χ1v) is 12.6. The normalized spacial score (nSPS) is 16.3. The Balaban J connectivity index is 1.66. The highest BCUT2D eigenvalue weighted by atomic mass is 32.2. The van der Waals surface area contributed by atoms with Crippen LogP contribution in [0, 0.1) is 0 Å². The Bertz CT molecular complexity index is 893. The summed E-state index contributed by atoms with van der Waals surface area (Å²) in [5, 5.41) is 0. The molecule has 0 spiro atoms. The zero-order chi connectivity index (χ0) is 23.4. The maximum atomic E-state index is 11.1. The van der Waals surface area contributed by atoms with Crippen molar-refractivity contribution in [1.82, 2.24) is 0 Å². The third kappa shape index (κ3) is 9.47. The van der Waals surface area contributed by atoms with Crippen LogP contribution >= 0.6 is 0 Å². The van der Waals surface area contributed by atoms with Gasteiger partial charge in [0.2, 0.25) is 0 Å². The van der Waals surface area contributed by atoms with E-state index in [0.717, 1.165) is 6.26 Å². The summed E-state index contributed by atoms with van der Waals surface area (Å²) in [6.07, 6.45) is 0.992. The number of para-hydroxylation sites is 4. The Morgan fingerprint density at radius 2 is 1.24 bits per heavy atom. The van der Waals surface area contributed by atoms with Gasteiger partial charge in [-0.15, -0.1) is 0 Å². The van der Waals surface area contributed by atoms with Gasteiger partial charge in [0.25, 0.3) is 10.1 Å². The van der Waals surface area contributed by atoms with E-state index in [1.165, 1.54) is 0 Å². The van der Waals surface area contributed by atoms with E-state index in [1.807, 2.05) is 48.5 Å². The smallest absolute Gasteiger partial charge is 0.264 e. The number of hydrogen-bond donors (Lipinski definition) is 0. The predicted molar refractivity (Wildman–Crippen MR) is 121 cm³/mol. The van der Waals surface area contributed by atoms with Gasteiger partial charge in [0.1, 0.15) is 32.5 Å². The van der Waals surface area contributed by atoms with E-state index in [0.29, 0.717) is 55.8 Å². The maximum Gasteiger partial charge on any atom is 0.264 e. The number of hydrogen-bond acceptors (Lipinski definition) is 9. The summed E-state index contributed by atoms with van der Waals surface area (Å²) in [6.45, 7) is 2.30. The molecule has 1 heterocycles. The molecule has 33 heavy (non-hydrogen) atoms. The lowest BCUT2D eigenvalue weighted by Crippen LogP contribution is -2.29. The number of benzene rings is 2. The van der Waals surface area contributed by atoms with Gasteiger partial charge in [-0.25, -0.2) is 0 Å². The first kappa shape index (κ1) is 25.1. The minimum absolute atomic E-state index is 0.0443. The van der Waals surface area contributed by atoms with E-state index in [-0.39, 0.29) is 26.4 Å². The lowest BCUT2D eigenvalue weighted by atomic mass is 10.3. The van der Waals surface area contributed by atoms with Crippen LogP contribution in [-0.2, 0) is 23.8 Å². The molecule has 0 aromatic heterocycles. The molecular formula is C23H30O9S. The molecule has 3 rings (SSSR count). The SMILES string of the molecule is CS(=O)(=O)OCCCOC1COc2ccccc2OCCOCCOc2ccccc2OC1. The molecule has 0 atom stereocenters. The highest BCUT2D eigenvalue weighted by Crippen LogP contribution is 2.28. The van der Waals surface area contributed by atoms with E-state index < -0.39 is 16.2 Å². The molecule has 0 amide bonds. The van der Waals surface area contributed by atoms with Crippen molar-refractivity contribution < 1.29 is 41.0 Å². The molecule has 2 aromatic carbocycles. The first-order chi connectivity index (χ1) is 16.0. The van der Waals surface area contributed by atoms with Gasteiger partial charge in [-0.3, -0.25) is 4.18 Å². The fourth-order valence-electron chi connectivity index (χ4n) is 2.93. The van der Waals surface area contributed by atoms with E-state index in [2.05, 4.69) is 0 Å². The molecule has 0 bridgehead atoms. The Labute approximate surface area is 194 Å². The van der Waals surface area contributed by atoms with Crippen molar-refractivity contribution in [3.63, 3.8) is 0 Å². The van der Waals surface area contributed by atoms with Crippen LogP contribution in [0.5, 0.6) is 23.0 Å². The van der Waals surface area contributed by atoms with Crippen molar-refractivity contribution in [2.75, 3.05) is 59.1 Å². The summed E-state index contributed by atoms with van der Waals surface area (Å²) >= 11 is 0. The fourth-order valence-corrected chi connectivity index (χ4v) is 3.35. The summed E-state index contributed by atoms with van der Waals surface area (Å²) in [4.78, 5) is 0. The van der Waals surface area contributed by atoms with Crippen LogP contribution in [0.4, 0.5) is 0 Å². The summed E-state index contributed by atoms with van der Waals surface area (Å²) < 4.78 is 62.0. The average Bonchev–Trinajstić information content (AvgIpc) is 2.79. The van der Waals surface area contributed by atoms with Crippen molar-refractivity contribution in [1.29, 1.82) is 0 Å². The number of fused-ring (bicyclic) bond motifs is 2. The Morgan fingerprint density at radius 3 is 1.73 bits per heavy atom. The monoisotopic (exact) mass is 482 g/mol. The highest BCUT2D eigenvalue weighted by Gasteiger charge is 2.16. The van der Waals surface area contributed by atoms with Gasteiger partial charge in [0.05, 0.1) is 26.1 Å². The van der Waals surface area contributed by atoms with Gasteiger partial charge in [-0.2, -0.15) is 8.42 Å². The zero-order valence-electron chi connectivity index (χ0n) is 18.6. The largest absolute Gasteiger partial charge is 0.487 e. The number of ether oxygens (including phenoxy) is 6. The Morgan fingerprint density at radius 1 is 0.758 bits per heavy atom. The summed E-state index contributed by atoms with van der Waals surface area (Å²) in [7, 11) is -3.48. The second-order valence-corrected chi connectivity index (χ2v) is 8.84. The van der Waals surface area contributed by atoms with Crippen LogP contribution in [-0.4, -0.2) is 73.6 Å². The van der Waals surface area contributed by atoms with Gasteiger partial charge in [0.15, 0.2) is 23.0 Å². The quantitative estimate of drug-likeness (QED) is 0.454. The van der Waals surface area contributed by atoms with Gasteiger partial charge in [-0.1, -0.05) is 24.3 Å². The van der Waals surface area contributed by atoms with Crippen molar-refractivity contribution in [3.8, 4) is 23.0 Å². The van der Waals surface area contributed by atoms with Crippen LogP contribution in [0.3, 0.4) is 0 Å². The molecule has 0 N–H and O–H groups in total. The molecular weight excluding hydrogens is 452 g/mol. The summed E-state index contributed by atoms with van der Waals surface area (Å²) in [5.41, 5.74) is 0. The first-order valence-electron chi connectivity index (χ1n) is 10.7. The maximum absolute atomic E-state index is 11.1. The van der Waals surface area contributed by atoms with Crippen molar-refractivity contribution >= 4 is 10.1 Å². The summed E-state index contributed by atoms with van der Waals surface area (Å²) in [5.74, 6) is 2.39. The van der Waals surface area contributed by atoms with Crippen LogP contribution in [0.15, 0.2) is 48.5 Å². The van der Waals surface area contributed by atoms with E-state index in [1.54, 1.807) is 0 Å². The minimum Gasteiger partial charge on any atom is -0.487 e. The lowest BCUT2D eigenvalue weighted by molar-refractivity contribution is -0.0125. The van der Waals surface area contributed by atoms with Crippen LogP contribution in [0.25, 0.3) is 0 Å². The van der Waals surface area contributed by atoms with Crippen LogP contribution in [0.1, 0.15) is 6.42 Å². The molecule has 10 heteroatoms. The molecule has 2 aromatic rings. The molecule has 0 saturated heterocycles. The third-order valence-electron chi connectivity index (χ3n) is 4.46. The molecule has 9 nitrogen and oxygen atoms in total. The standard InChI is InChI=1S/C23H30O9S/c1-33(24,25)32-12-6-11-27-19-17-30-22-9-4-2-7-20(22)28-15-13-26-14-16-29-21-8-3-5-10-23(21)31-18-19/h2-5,7-10,19H,6,11-18H2,1H3. The average molecular weight is 483 g/mol. The number of rotatable bonds is 6. The predicted octanol–water partition coefficient (Wildman–Crippen LogP) is 2.68. The van der Waals surface area contributed by atoms with Crippen molar-refractivity contribution in [2.45, 2.75) is 12.5 Å². The molecule has 0 saturated carbocycles. The van der Waals surface area contributed by atoms with Gasteiger partial charge < -0.3 is 28.4 Å². The fraction of sp³-hybridized carbons (Fsp3) is 0.478. The Hall–Kier alpha value is -2.53. The van der Waals surface area contributed by atoms with E-state index in [4.69, 9.17) is 32.6 Å². The molecule has 0 aliphatic carbocycles. The van der Waals surface area contributed by atoms with E-state index >= 15 is 0 Å². The summed E-state index contributed by atoms with van der Waals surface area (Å²) in [6, 6.07) is 14.7. The highest BCUT2D eigenvalue weighted by molar-refractivity contribution is 7.85. The van der Waals surface area contributed by atoms with Crippen molar-refractivity contribution in [3.05, 3.63) is 48.5 Å². The molecule has 1 aliphatic heterocycles. The second kappa shape index (κ2) is 13.2. The van der Waals surface area contributed by atoms with Crippen LogP contribution in [0.2, 0.25) is 0 Å². The Kier molecular flexibility index (Phi) is 10.1. The minimum atomic E-state index is -3.48. The molecule has 0 unspecified atom stereocenters. The molecule has 0 radical (unpaired) electrons. The molecule has 182 valence electrons. The van der Waals surface area contributed by atoms with E-state index in [9.17, 15) is 8.42 Å². The van der Waals surface area contributed by atoms with Gasteiger partial charge in [0, 0.05) is 6.61 Å². The van der Waals surface area contributed by atoms with Crippen LogP contribution < -0.4 is 18.9 Å². The van der Waals surface area contributed by atoms with Gasteiger partial charge in [-0.05, 0) is 30.7 Å². The third-order valence-corrected chi connectivity index (χ3v) is 5.05. The molecule has 0 fully saturated rings.